The molecular formula is C17H17NO3. The molecule has 0 N–H and O–H groups in total. The molecule has 4 heteroatoms. The molecule has 0 unspecified atom stereocenters. The van der Waals surface area contributed by atoms with E-state index in [0.717, 1.165) is 22.4 Å². The standard InChI is InChI=1S/C17H17NO3/c1-18-10-11-8-12(20-2)4-6-14(11)15-7-5-13(21-3)9-16(15)17(18)19/h4-9H,10H2,1-3H3. The van der Waals surface area contributed by atoms with Crippen LogP contribution in [0.3, 0.4) is 0 Å². The highest BCUT2D eigenvalue weighted by Crippen LogP contribution is 2.35. The molecule has 2 aromatic carbocycles. The van der Waals surface area contributed by atoms with Gasteiger partial charge < -0.3 is 14.4 Å². The summed E-state index contributed by atoms with van der Waals surface area (Å²) in [5, 5.41) is 0. The van der Waals surface area contributed by atoms with E-state index >= 15 is 0 Å². The summed E-state index contributed by atoms with van der Waals surface area (Å²) >= 11 is 0. The Morgan fingerprint density at radius 2 is 1.52 bits per heavy atom. The van der Waals surface area contributed by atoms with Gasteiger partial charge in [0.2, 0.25) is 0 Å². The summed E-state index contributed by atoms with van der Waals surface area (Å²) in [5.74, 6) is 1.48. The van der Waals surface area contributed by atoms with Crippen molar-refractivity contribution in [1.29, 1.82) is 0 Å². The molecule has 0 spiro atoms. The summed E-state index contributed by atoms with van der Waals surface area (Å²) in [6.45, 7) is 0.558. The minimum absolute atomic E-state index is 0.000864. The van der Waals surface area contributed by atoms with Crippen LogP contribution in [0.4, 0.5) is 0 Å². The van der Waals surface area contributed by atoms with E-state index in [2.05, 4.69) is 0 Å². The monoisotopic (exact) mass is 283 g/mol. The largest absolute Gasteiger partial charge is 0.497 e. The summed E-state index contributed by atoms with van der Waals surface area (Å²) in [5.41, 5.74) is 3.74. The van der Waals surface area contributed by atoms with E-state index in [-0.39, 0.29) is 5.91 Å². The minimum Gasteiger partial charge on any atom is -0.497 e. The van der Waals surface area contributed by atoms with Gasteiger partial charge in [0.1, 0.15) is 11.5 Å². The van der Waals surface area contributed by atoms with E-state index in [1.807, 2.05) is 30.3 Å². The number of benzene rings is 2. The van der Waals surface area contributed by atoms with Crippen LogP contribution in [0.5, 0.6) is 11.5 Å². The lowest BCUT2D eigenvalue weighted by Gasteiger charge is -2.15. The Hall–Kier alpha value is -2.49. The van der Waals surface area contributed by atoms with Gasteiger partial charge in [-0.1, -0.05) is 6.07 Å². The van der Waals surface area contributed by atoms with Crippen molar-refractivity contribution in [2.24, 2.45) is 0 Å². The Balaban J connectivity index is 2.24. The van der Waals surface area contributed by atoms with E-state index in [9.17, 15) is 4.79 Å². The molecule has 108 valence electrons. The highest BCUT2D eigenvalue weighted by atomic mass is 16.5. The number of hydrogen-bond acceptors (Lipinski definition) is 3. The van der Waals surface area contributed by atoms with E-state index < -0.39 is 0 Å². The normalized spacial score (nSPS) is 13.3. The number of amides is 1. The molecule has 1 amide bonds. The van der Waals surface area contributed by atoms with E-state index in [4.69, 9.17) is 9.47 Å². The molecular weight excluding hydrogens is 266 g/mol. The van der Waals surface area contributed by atoms with Crippen LogP contribution in [0.1, 0.15) is 15.9 Å². The van der Waals surface area contributed by atoms with E-state index in [1.54, 1.807) is 32.2 Å². The number of rotatable bonds is 2. The first kappa shape index (κ1) is 13.5. The summed E-state index contributed by atoms with van der Waals surface area (Å²) in [4.78, 5) is 14.3. The molecule has 0 saturated carbocycles. The molecule has 0 atom stereocenters. The third kappa shape index (κ3) is 2.23. The number of nitrogens with zero attached hydrogens (tertiary/aromatic N) is 1. The summed E-state index contributed by atoms with van der Waals surface area (Å²) in [7, 11) is 5.05. The number of fused-ring (bicyclic) bond motifs is 3. The second-order valence-electron chi connectivity index (χ2n) is 5.10. The fraction of sp³-hybridized carbons (Fsp3) is 0.235. The third-order valence-electron chi connectivity index (χ3n) is 3.81. The SMILES string of the molecule is COc1ccc2c(c1)CN(C)C(=O)c1cc(OC)ccc1-2. The van der Waals surface area contributed by atoms with Crippen LogP contribution in [0.2, 0.25) is 0 Å². The number of carbonyl (C=O) groups is 1. The van der Waals surface area contributed by atoms with Crippen molar-refractivity contribution in [2.75, 3.05) is 21.3 Å². The number of hydrogen-bond donors (Lipinski definition) is 0. The molecule has 1 aliphatic heterocycles. The molecule has 0 aromatic heterocycles. The topological polar surface area (TPSA) is 38.8 Å². The Labute approximate surface area is 123 Å². The van der Waals surface area contributed by atoms with E-state index in [1.165, 1.54) is 0 Å². The summed E-state index contributed by atoms with van der Waals surface area (Å²) in [6, 6.07) is 11.5. The van der Waals surface area contributed by atoms with Crippen molar-refractivity contribution in [3.63, 3.8) is 0 Å². The first-order chi connectivity index (χ1) is 10.1. The zero-order chi connectivity index (χ0) is 15.0. The van der Waals surface area contributed by atoms with Gasteiger partial charge in [-0.3, -0.25) is 4.79 Å². The van der Waals surface area contributed by atoms with Crippen molar-refractivity contribution < 1.29 is 14.3 Å². The molecule has 3 rings (SSSR count). The van der Waals surface area contributed by atoms with Gasteiger partial charge in [-0.05, 0) is 47.0 Å². The average Bonchev–Trinajstić information content (AvgIpc) is 2.62. The Morgan fingerprint density at radius 1 is 0.905 bits per heavy atom. The Kier molecular flexibility index (Phi) is 3.29. The zero-order valence-corrected chi connectivity index (χ0v) is 12.3. The van der Waals surface area contributed by atoms with E-state index in [0.29, 0.717) is 17.9 Å². The van der Waals surface area contributed by atoms with Crippen LogP contribution in [0, 0.1) is 0 Å². The molecule has 1 aliphatic rings. The molecule has 0 fully saturated rings. The molecule has 0 radical (unpaired) electrons. The van der Waals surface area contributed by atoms with Gasteiger partial charge >= 0.3 is 0 Å². The minimum atomic E-state index is -0.000864. The second kappa shape index (κ2) is 5.13. The number of carbonyl (C=O) groups excluding carboxylic acids is 1. The van der Waals surface area contributed by atoms with Crippen molar-refractivity contribution in [1.82, 2.24) is 4.90 Å². The van der Waals surface area contributed by atoms with Crippen molar-refractivity contribution >= 4 is 5.91 Å². The fourth-order valence-corrected chi connectivity index (χ4v) is 2.69. The average molecular weight is 283 g/mol. The van der Waals surface area contributed by atoms with Crippen LogP contribution >= 0.6 is 0 Å². The Bertz CT molecular complexity index is 709. The molecule has 21 heavy (non-hydrogen) atoms. The number of ether oxygens (including phenoxy) is 2. The van der Waals surface area contributed by atoms with Crippen LogP contribution < -0.4 is 9.47 Å². The highest BCUT2D eigenvalue weighted by molar-refractivity contribution is 6.02. The van der Waals surface area contributed by atoms with Crippen LogP contribution in [0.25, 0.3) is 11.1 Å². The van der Waals surface area contributed by atoms with Gasteiger partial charge in [-0.25, -0.2) is 0 Å². The van der Waals surface area contributed by atoms with Gasteiger partial charge in [-0.2, -0.15) is 0 Å². The van der Waals surface area contributed by atoms with Crippen LogP contribution in [-0.2, 0) is 6.54 Å². The van der Waals surface area contributed by atoms with Gasteiger partial charge in [0, 0.05) is 13.6 Å². The quantitative estimate of drug-likeness (QED) is 0.850. The highest BCUT2D eigenvalue weighted by Gasteiger charge is 2.24. The third-order valence-corrected chi connectivity index (χ3v) is 3.81. The Morgan fingerprint density at radius 3 is 2.19 bits per heavy atom. The lowest BCUT2D eigenvalue weighted by molar-refractivity contribution is 0.0788. The predicted molar refractivity (Wildman–Crippen MR) is 80.8 cm³/mol. The van der Waals surface area contributed by atoms with Gasteiger partial charge in [-0.15, -0.1) is 0 Å². The molecule has 1 heterocycles. The summed E-state index contributed by atoms with van der Waals surface area (Å²) < 4.78 is 10.5. The van der Waals surface area contributed by atoms with Crippen LogP contribution in [0.15, 0.2) is 36.4 Å². The lowest BCUT2D eigenvalue weighted by atomic mass is 9.96. The predicted octanol–water partition coefficient (Wildman–Crippen LogP) is 2.96. The molecule has 0 saturated heterocycles. The summed E-state index contributed by atoms with van der Waals surface area (Å²) in [6.07, 6.45) is 0. The second-order valence-corrected chi connectivity index (χ2v) is 5.10. The number of methoxy groups -OCH3 is 2. The molecule has 4 nitrogen and oxygen atoms in total. The molecule has 2 aromatic rings. The van der Waals surface area contributed by atoms with Gasteiger partial charge in [0.15, 0.2) is 0 Å². The van der Waals surface area contributed by atoms with Crippen molar-refractivity contribution in [2.45, 2.75) is 6.54 Å². The van der Waals surface area contributed by atoms with Gasteiger partial charge in [0.05, 0.1) is 19.8 Å². The maximum Gasteiger partial charge on any atom is 0.254 e. The zero-order valence-electron chi connectivity index (χ0n) is 12.3. The van der Waals surface area contributed by atoms with Crippen LogP contribution in [-0.4, -0.2) is 32.1 Å². The van der Waals surface area contributed by atoms with Crippen molar-refractivity contribution in [3.8, 4) is 22.6 Å². The molecule has 0 aliphatic carbocycles. The maximum atomic E-state index is 12.6. The smallest absolute Gasteiger partial charge is 0.254 e. The first-order valence-electron chi connectivity index (χ1n) is 6.75. The van der Waals surface area contributed by atoms with Gasteiger partial charge in [0.25, 0.3) is 5.91 Å². The lowest BCUT2D eigenvalue weighted by Crippen LogP contribution is -2.24. The maximum absolute atomic E-state index is 12.6. The van der Waals surface area contributed by atoms with Crippen molar-refractivity contribution in [3.05, 3.63) is 47.5 Å². The molecule has 0 bridgehead atoms. The fourth-order valence-electron chi connectivity index (χ4n) is 2.69. The first-order valence-corrected chi connectivity index (χ1v) is 6.75.